The van der Waals surface area contributed by atoms with Crippen molar-refractivity contribution >= 4 is 12.3 Å². The van der Waals surface area contributed by atoms with Crippen molar-refractivity contribution < 1.29 is 14.3 Å². The zero-order valence-corrected chi connectivity index (χ0v) is 7.69. The van der Waals surface area contributed by atoms with Crippen LogP contribution in [0.4, 0.5) is 0 Å². The van der Waals surface area contributed by atoms with E-state index in [1.165, 1.54) is 17.7 Å². The van der Waals surface area contributed by atoms with E-state index in [0.717, 1.165) is 0 Å². The molecule has 14 heavy (non-hydrogen) atoms. The molecule has 0 atom stereocenters. The first-order chi connectivity index (χ1) is 6.74. The van der Waals surface area contributed by atoms with Gasteiger partial charge in [0.25, 0.3) is 0 Å². The number of aldehydes is 1. The molecule has 0 spiro atoms. The van der Waals surface area contributed by atoms with Gasteiger partial charge in [0.2, 0.25) is 0 Å². The quantitative estimate of drug-likeness (QED) is 0.402. The first kappa shape index (κ1) is 10.1. The summed E-state index contributed by atoms with van der Waals surface area (Å²) in [6, 6.07) is 1.51. The maximum Gasteiger partial charge on any atom is 0.340 e. The molecule has 0 saturated heterocycles. The van der Waals surface area contributed by atoms with Crippen LogP contribution in [0.2, 0.25) is 0 Å². The van der Waals surface area contributed by atoms with Crippen LogP contribution in [0.15, 0.2) is 12.3 Å². The monoisotopic (exact) mass is 191 g/mol. The molecule has 1 heterocycles. The van der Waals surface area contributed by atoms with Gasteiger partial charge in [-0.2, -0.15) is 0 Å². The fourth-order valence-corrected chi connectivity index (χ4v) is 1.13. The normalized spacial score (nSPS) is 9.14. The summed E-state index contributed by atoms with van der Waals surface area (Å²) in [4.78, 5) is 21.9. The number of aromatic nitrogens is 1. The maximum absolute atomic E-state index is 11.2. The summed E-state index contributed by atoms with van der Waals surface area (Å²) >= 11 is 0. The average molecular weight is 191 g/mol. The molecule has 0 saturated carbocycles. The van der Waals surface area contributed by atoms with Crippen LogP contribution >= 0.6 is 0 Å². The molecular formula is C10H9NO3. The Kier molecular flexibility index (Phi) is 3.08. The molecule has 1 aromatic rings. The van der Waals surface area contributed by atoms with Crippen molar-refractivity contribution in [2.75, 3.05) is 7.11 Å². The molecule has 0 radical (unpaired) electrons. The average Bonchev–Trinajstić information content (AvgIpc) is 2.60. The molecule has 4 nitrogen and oxygen atoms in total. The number of hydrogen-bond acceptors (Lipinski definition) is 3. The van der Waals surface area contributed by atoms with Gasteiger partial charge in [-0.3, -0.25) is 4.79 Å². The fraction of sp³-hybridized carbons (Fsp3) is 0.200. The number of esters is 1. The zero-order valence-electron chi connectivity index (χ0n) is 7.69. The lowest BCUT2D eigenvalue weighted by molar-refractivity contribution is 0.0598. The minimum atomic E-state index is -0.539. The summed E-state index contributed by atoms with van der Waals surface area (Å²) in [5.74, 6) is 1.84. The molecule has 0 amide bonds. The van der Waals surface area contributed by atoms with Gasteiger partial charge in [0, 0.05) is 6.20 Å². The van der Waals surface area contributed by atoms with Gasteiger partial charge >= 0.3 is 5.97 Å². The number of terminal acetylenes is 1. The van der Waals surface area contributed by atoms with Crippen molar-refractivity contribution in [2.45, 2.75) is 6.54 Å². The molecule has 0 N–H and O–H groups in total. The maximum atomic E-state index is 11.2. The summed E-state index contributed by atoms with van der Waals surface area (Å²) in [6.45, 7) is 0.255. The highest BCUT2D eigenvalue weighted by Gasteiger charge is 2.14. The summed E-state index contributed by atoms with van der Waals surface area (Å²) in [6.07, 6.45) is 7.27. The first-order valence-electron chi connectivity index (χ1n) is 3.90. The van der Waals surface area contributed by atoms with Crippen LogP contribution in [-0.4, -0.2) is 23.9 Å². The van der Waals surface area contributed by atoms with Crippen LogP contribution in [0.1, 0.15) is 20.8 Å². The Morgan fingerprint density at radius 2 is 2.50 bits per heavy atom. The number of methoxy groups -OCH3 is 1. The van der Waals surface area contributed by atoms with E-state index in [1.54, 1.807) is 6.20 Å². The first-order valence-corrected chi connectivity index (χ1v) is 3.90. The molecule has 0 unspecified atom stereocenters. The predicted octanol–water partition coefficient (Wildman–Crippen LogP) is 0.720. The largest absolute Gasteiger partial charge is 0.465 e. The number of ether oxygens (including phenoxy) is 1. The smallest absolute Gasteiger partial charge is 0.340 e. The van der Waals surface area contributed by atoms with Gasteiger partial charge in [-0.25, -0.2) is 4.79 Å². The van der Waals surface area contributed by atoms with Crippen molar-refractivity contribution in [3.8, 4) is 12.3 Å². The predicted molar refractivity (Wildman–Crippen MR) is 50.0 cm³/mol. The van der Waals surface area contributed by atoms with Gasteiger partial charge in [-0.1, -0.05) is 5.92 Å². The number of nitrogens with zero attached hydrogens (tertiary/aromatic N) is 1. The Morgan fingerprint density at radius 1 is 1.79 bits per heavy atom. The molecule has 0 aliphatic carbocycles. The lowest BCUT2D eigenvalue weighted by atomic mass is 10.2. The summed E-state index contributed by atoms with van der Waals surface area (Å²) in [5, 5.41) is 0. The minimum absolute atomic E-state index is 0.234. The van der Waals surface area contributed by atoms with Crippen LogP contribution in [0, 0.1) is 12.3 Å². The molecule has 0 aromatic carbocycles. The Balaban J connectivity index is 3.14. The number of hydrogen-bond donors (Lipinski definition) is 0. The molecular weight excluding hydrogens is 182 g/mol. The van der Waals surface area contributed by atoms with Gasteiger partial charge in [0.05, 0.1) is 24.9 Å². The summed E-state index contributed by atoms with van der Waals surface area (Å²) < 4.78 is 6.02. The van der Waals surface area contributed by atoms with E-state index in [0.29, 0.717) is 6.29 Å². The van der Waals surface area contributed by atoms with Crippen molar-refractivity contribution in [1.82, 2.24) is 4.57 Å². The highest BCUT2D eigenvalue weighted by atomic mass is 16.5. The molecule has 4 heteroatoms. The van der Waals surface area contributed by atoms with Gasteiger partial charge < -0.3 is 9.30 Å². The number of carbonyl (C=O) groups is 2. The standard InChI is InChI=1S/C10H9NO3/c1-3-5-11-6-4-8(9(11)7-12)10(13)14-2/h1,4,6-7H,5H2,2H3. The second-order valence-electron chi connectivity index (χ2n) is 2.56. The van der Waals surface area contributed by atoms with Crippen LogP contribution in [-0.2, 0) is 11.3 Å². The van der Waals surface area contributed by atoms with E-state index >= 15 is 0 Å². The van der Waals surface area contributed by atoms with E-state index < -0.39 is 5.97 Å². The highest BCUT2D eigenvalue weighted by Crippen LogP contribution is 2.10. The molecule has 0 aliphatic heterocycles. The van der Waals surface area contributed by atoms with Crippen molar-refractivity contribution in [3.05, 3.63) is 23.5 Å². The van der Waals surface area contributed by atoms with Gasteiger partial charge in [0.15, 0.2) is 6.29 Å². The second-order valence-corrected chi connectivity index (χ2v) is 2.56. The van der Waals surface area contributed by atoms with E-state index in [2.05, 4.69) is 10.7 Å². The van der Waals surface area contributed by atoms with E-state index in [9.17, 15) is 9.59 Å². The van der Waals surface area contributed by atoms with Crippen molar-refractivity contribution in [1.29, 1.82) is 0 Å². The Labute approximate surface area is 81.5 Å². The lowest BCUT2D eigenvalue weighted by Gasteiger charge is -2.00. The minimum Gasteiger partial charge on any atom is -0.465 e. The lowest BCUT2D eigenvalue weighted by Crippen LogP contribution is -2.07. The van der Waals surface area contributed by atoms with Gasteiger partial charge in [-0.05, 0) is 6.07 Å². The van der Waals surface area contributed by atoms with Crippen molar-refractivity contribution in [2.24, 2.45) is 0 Å². The third-order valence-electron chi connectivity index (χ3n) is 1.79. The fourth-order valence-electron chi connectivity index (χ4n) is 1.13. The van der Waals surface area contributed by atoms with E-state index in [1.807, 2.05) is 0 Å². The SMILES string of the molecule is C#CCn1ccc(C(=O)OC)c1C=O. The summed E-state index contributed by atoms with van der Waals surface area (Å²) in [5.41, 5.74) is 0.479. The molecule has 1 aromatic heterocycles. The van der Waals surface area contributed by atoms with Crippen LogP contribution in [0.3, 0.4) is 0 Å². The second kappa shape index (κ2) is 4.28. The Morgan fingerprint density at radius 3 is 3.00 bits per heavy atom. The molecule has 1 rings (SSSR count). The summed E-state index contributed by atoms with van der Waals surface area (Å²) in [7, 11) is 1.26. The van der Waals surface area contributed by atoms with Crippen LogP contribution in [0.25, 0.3) is 0 Å². The number of carbonyl (C=O) groups excluding carboxylic acids is 2. The Hall–Kier alpha value is -2.02. The van der Waals surface area contributed by atoms with E-state index in [4.69, 9.17) is 6.42 Å². The molecule has 0 bridgehead atoms. The van der Waals surface area contributed by atoms with Crippen LogP contribution in [0.5, 0.6) is 0 Å². The van der Waals surface area contributed by atoms with Gasteiger partial charge in [-0.15, -0.1) is 6.42 Å². The molecule has 0 fully saturated rings. The van der Waals surface area contributed by atoms with Crippen LogP contribution < -0.4 is 0 Å². The molecule has 72 valence electrons. The molecule has 0 aliphatic rings. The number of rotatable bonds is 3. The van der Waals surface area contributed by atoms with Gasteiger partial charge in [0.1, 0.15) is 0 Å². The highest BCUT2D eigenvalue weighted by molar-refractivity contribution is 5.97. The Bertz CT molecular complexity index is 398. The third kappa shape index (κ3) is 1.67. The zero-order chi connectivity index (χ0) is 10.6. The third-order valence-corrected chi connectivity index (χ3v) is 1.79. The van der Waals surface area contributed by atoms with E-state index in [-0.39, 0.29) is 17.8 Å². The van der Waals surface area contributed by atoms with Crippen molar-refractivity contribution in [3.63, 3.8) is 0 Å². The topological polar surface area (TPSA) is 48.3 Å².